The highest BCUT2D eigenvalue weighted by Gasteiger charge is 2.15. The summed E-state index contributed by atoms with van der Waals surface area (Å²) in [5, 5.41) is 4.18. The van der Waals surface area contributed by atoms with E-state index in [1.807, 2.05) is 62.0 Å². The zero-order valence-electron chi connectivity index (χ0n) is 15.0. The summed E-state index contributed by atoms with van der Waals surface area (Å²) in [5.41, 5.74) is 2.96. The molecule has 0 aliphatic heterocycles. The number of hydrogen-bond acceptors (Lipinski definition) is 2. The van der Waals surface area contributed by atoms with Crippen LogP contribution in [0.5, 0.6) is 0 Å². The zero-order valence-corrected chi connectivity index (χ0v) is 15.8. The van der Waals surface area contributed by atoms with Gasteiger partial charge in [0.1, 0.15) is 5.78 Å². The SMILES string of the molecule is CC(C)C(=O)Cc1ccc(NC(=O)c2cn(C)c3ccccc23)c(Cl)c1. The molecule has 1 amide bonds. The maximum absolute atomic E-state index is 12.7. The molecule has 1 N–H and O–H groups in total. The Hall–Kier alpha value is -2.59. The molecular formula is C21H21ClN2O2. The van der Waals surface area contributed by atoms with E-state index in [9.17, 15) is 9.59 Å². The number of nitrogens with zero attached hydrogens (tertiary/aromatic N) is 1. The van der Waals surface area contributed by atoms with Crippen LogP contribution in [0, 0.1) is 5.92 Å². The predicted octanol–water partition coefficient (Wildman–Crippen LogP) is 4.85. The van der Waals surface area contributed by atoms with E-state index < -0.39 is 0 Å². The van der Waals surface area contributed by atoms with Crippen molar-refractivity contribution in [1.82, 2.24) is 4.57 Å². The lowest BCUT2D eigenvalue weighted by molar-refractivity contribution is -0.121. The summed E-state index contributed by atoms with van der Waals surface area (Å²) >= 11 is 6.32. The van der Waals surface area contributed by atoms with E-state index in [1.54, 1.807) is 12.1 Å². The Kier molecular flexibility index (Phi) is 5.14. The Bertz CT molecular complexity index is 989. The van der Waals surface area contributed by atoms with E-state index in [0.29, 0.717) is 22.7 Å². The van der Waals surface area contributed by atoms with Gasteiger partial charge in [0.05, 0.1) is 16.3 Å². The van der Waals surface area contributed by atoms with E-state index in [-0.39, 0.29) is 17.6 Å². The number of carbonyl (C=O) groups excluding carboxylic acids is 2. The molecule has 1 aromatic heterocycles. The standard InChI is InChI=1S/C21H21ClN2O2/c1-13(2)20(25)11-14-8-9-18(17(22)10-14)23-21(26)16-12-24(3)19-7-5-4-6-15(16)19/h4-10,12-13H,11H2,1-3H3,(H,23,26). The molecule has 0 saturated carbocycles. The molecule has 0 atom stereocenters. The molecule has 3 aromatic rings. The van der Waals surface area contributed by atoms with Crippen molar-refractivity contribution in [2.24, 2.45) is 13.0 Å². The van der Waals surface area contributed by atoms with Gasteiger partial charge in [-0.1, -0.05) is 49.7 Å². The van der Waals surface area contributed by atoms with Crippen molar-refractivity contribution in [3.05, 3.63) is 64.8 Å². The normalized spacial score (nSPS) is 11.1. The van der Waals surface area contributed by atoms with Crippen molar-refractivity contribution in [2.45, 2.75) is 20.3 Å². The van der Waals surface area contributed by atoms with Gasteiger partial charge in [-0.3, -0.25) is 9.59 Å². The fraction of sp³-hybridized carbons (Fsp3) is 0.238. The van der Waals surface area contributed by atoms with Crippen LogP contribution >= 0.6 is 11.6 Å². The van der Waals surface area contributed by atoms with E-state index in [4.69, 9.17) is 11.6 Å². The molecule has 0 radical (unpaired) electrons. The summed E-state index contributed by atoms with van der Waals surface area (Å²) in [6.07, 6.45) is 2.15. The Balaban J connectivity index is 1.82. The molecule has 0 saturated heterocycles. The van der Waals surface area contributed by atoms with E-state index >= 15 is 0 Å². The van der Waals surface area contributed by atoms with Crippen molar-refractivity contribution in [2.75, 3.05) is 5.32 Å². The molecule has 5 heteroatoms. The molecule has 0 spiro atoms. The Labute approximate surface area is 157 Å². The summed E-state index contributed by atoms with van der Waals surface area (Å²) in [4.78, 5) is 24.6. The minimum absolute atomic E-state index is 0.0143. The van der Waals surface area contributed by atoms with Crippen LogP contribution in [0.1, 0.15) is 29.8 Å². The summed E-state index contributed by atoms with van der Waals surface area (Å²) in [6, 6.07) is 13.1. The third-order valence-corrected chi connectivity index (χ3v) is 4.76. The van der Waals surface area contributed by atoms with Gasteiger partial charge in [0.2, 0.25) is 0 Å². The minimum Gasteiger partial charge on any atom is -0.350 e. The fourth-order valence-electron chi connectivity index (χ4n) is 2.89. The first-order chi connectivity index (χ1) is 12.4. The number of aromatic nitrogens is 1. The third kappa shape index (κ3) is 3.65. The number of aryl methyl sites for hydroxylation is 1. The first kappa shape index (κ1) is 18.2. The zero-order chi connectivity index (χ0) is 18.8. The monoisotopic (exact) mass is 368 g/mol. The van der Waals surface area contributed by atoms with Gasteiger partial charge in [-0.2, -0.15) is 0 Å². The molecule has 0 bridgehead atoms. The molecule has 4 nitrogen and oxygen atoms in total. The highest BCUT2D eigenvalue weighted by molar-refractivity contribution is 6.34. The largest absolute Gasteiger partial charge is 0.350 e. The highest BCUT2D eigenvalue weighted by Crippen LogP contribution is 2.26. The number of amides is 1. The maximum Gasteiger partial charge on any atom is 0.257 e. The Morgan fingerprint density at radius 3 is 2.58 bits per heavy atom. The number of Topliss-reactive ketones (excluding diaryl/α,β-unsaturated/α-hetero) is 1. The van der Waals surface area contributed by atoms with Gasteiger partial charge < -0.3 is 9.88 Å². The molecule has 0 unspecified atom stereocenters. The number of nitrogens with one attached hydrogen (secondary N) is 1. The first-order valence-corrected chi connectivity index (χ1v) is 8.91. The number of hydrogen-bond donors (Lipinski definition) is 1. The number of carbonyl (C=O) groups is 2. The molecule has 134 valence electrons. The second-order valence-electron chi connectivity index (χ2n) is 6.74. The number of para-hydroxylation sites is 1. The number of halogens is 1. The predicted molar refractivity (Wildman–Crippen MR) is 106 cm³/mol. The van der Waals surface area contributed by atoms with Gasteiger partial charge >= 0.3 is 0 Å². The molecule has 0 aliphatic rings. The van der Waals surface area contributed by atoms with Crippen LogP contribution in [0.15, 0.2) is 48.7 Å². The Morgan fingerprint density at radius 2 is 1.88 bits per heavy atom. The number of rotatable bonds is 5. The fourth-order valence-corrected chi connectivity index (χ4v) is 3.14. The van der Waals surface area contributed by atoms with E-state index in [1.165, 1.54) is 0 Å². The lowest BCUT2D eigenvalue weighted by Gasteiger charge is -2.09. The molecule has 0 fully saturated rings. The van der Waals surface area contributed by atoms with Crippen molar-refractivity contribution in [1.29, 1.82) is 0 Å². The molecule has 3 rings (SSSR count). The summed E-state index contributed by atoms with van der Waals surface area (Å²) in [5.74, 6) is -0.0668. The smallest absolute Gasteiger partial charge is 0.257 e. The Morgan fingerprint density at radius 1 is 1.15 bits per heavy atom. The van der Waals surface area contributed by atoms with Crippen LogP contribution in [0.2, 0.25) is 5.02 Å². The second kappa shape index (κ2) is 7.34. The van der Waals surface area contributed by atoms with Crippen LogP contribution in [0.4, 0.5) is 5.69 Å². The number of benzene rings is 2. The van der Waals surface area contributed by atoms with E-state index in [2.05, 4.69) is 5.32 Å². The summed E-state index contributed by atoms with van der Waals surface area (Å²) < 4.78 is 1.92. The molecule has 2 aromatic carbocycles. The van der Waals surface area contributed by atoms with Crippen LogP contribution < -0.4 is 5.32 Å². The molecule has 26 heavy (non-hydrogen) atoms. The van der Waals surface area contributed by atoms with Crippen LogP contribution in [0.25, 0.3) is 10.9 Å². The van der Waals surface area contributed by atoms with E-state index in [0.717, 1.165) is 16.5 Å². The van der Waals surface area contributed by atoms with Crippen LogP contribution in [-0.2, 0) is 18.3 Å². The van der Waals surface area contributed by atoms with Gasteiger partial charge in [-0.15, -0.1) is 0 Å². The van der Waals surface area contributed by atoms with Gasteiger partial charge in [-0.05, 0) is 23.8 Å². The van der Waals surface area contributed by atoms with Gasteiger partial charge in [0.15, 0.2) is 0 Å². The minimum atomic E-state index is -0.213. The number of fused-ring (bicyclic) bond motifs is 1. The lowest BCUT2D eigenvalue weighted by atomic mass is 10.0. The van der Waals surface area contributed by atoms with Crippen molar-refractivity contribution in [3.8, 4) is 0 Å². The highest BCUT2D eigenvalue weighted by atomic mass is 35.5. The lowest BCUT2D eigenvalue weighted by Crippen LogP contribution is -2.13. The summed E-state index contributed by atoms with van der Waals surface area (Å²) in [6.45, 7) is 3.76. The molecule has 0 aliphatic carbocycles. The molecular weight excluding hydrogens is 348 g/mol. The first-order valence-electron chi connectivity index (χ1n) is 8.53. The van der Waals surface area contributed by atoms with Crippen molar-refractivity contribution in [3.63, 3.8) is 0 Å². The van der Waals surface area contributed by atoms with Gasteiger partial charge in [0, 0.05) is 36.5 Å². The molecule has 1 heterocycles. The summed E-state index contributed by atoms with van der Waals surface area (Å²) in [7, 11) is 1.91. The van der Waals surface area contributed by atoms with Crippen molar-refractivity contribution < 1.29 is 9.59 Å². The average Bonchev–Trinajstić information content (AvgIpc) is 2.94. The number of ketones is 1. The van der Waals surface area contributed by atoms with Crippen LogP contribution in [-0.4, -0.2) is 16.3 Å². The second-order valence-corrected chi connectivity index (χ2v) is 7.14. The topological polar surface area (TPSA) is 51.1 Å². The van der Waals surface area contributed by atoms with Gasteiger partial charge in [-0.25, -0.2) is 0 Å². The third-order valence-electron chi connectivity index (χ3n) is 4.45. The van der Waals surface area contributed by atoms with Gasteiger partial charge in [0.25, 0.3) is 5.91 Å². The number of anilines is 1. The average molecular weight is 369 g/mol. The van der Waals surface area contributed by atoms with Crippen molar-refractivity contribution >= 4 is 39.9 Å². The van der Waals surface area contributed by atoms with Crippen LogP contribution in [0.3, 0.4) is 0 Å². The quantitative estimate of drug-likeness (QED) is 0.699. The maximum atomic E-state index is 12.7.